The Morgan fingerprint density at radius 2 is 2.29 bits per heavy atom. The zero-order valence-electron chi connectivity index (χ0n) is 10.4. The largest absolute Gasteiger partial charge is 0.330 e. The Balaban J connectivity index is 2.30. The fourth-order valence-electron chi connectivity index (χ4n) is 1.34. The van der Waals surface area contributed by atoms with Gasteiger partial charge in [-0.05, 0) is 42.8 Å². The minimum absolute atomic E-state index is 0.0461. The van der Waals surface area contributed by atoms with Gasteiger partial charge in [-0.25, -0.2) is 0 Å². The molecule has 0 aliphatic rings. The summed E-state index contributed by atoms with van der Waals surface area (Å²) in [5.74, 6) is 1.92. The van der Waals surface area contributed by atoms with E-state index in [0.29, 0.717) is 18.2 Å². The number of aryl methyl sites for hydroxylation is 1. The minimum Gasteiger partial charge on any atom is -0.330 e. The fraction of sp³-hybridized carbons (Fsp3) is 0.462. The zero-order chi connectivity index (χ0) is 12.7. The van der Waals surface area contributed by atoms with Crippen LogP contribution in [0.4, 0.5) is 5.69 Å². The Kier molecular flexibility index (Phi) is 6.08. The van der Waals surface area contributed by atoms with Gasteiger partial charge in [-0.3, -0.25) is 4.79 Å². The number of carbonyl (C=O) groups is 1. The van der Waals surface area contributed by atoms with Crippen LogP contribution in [0.15, 0.2) is 24.3 Å². The van der Waals surface area contributed by atoms with Crippen LogP contribution in [0.25, 0.3) is 0 Å². The van der Waals surface area contributed by atoms with Crippen molar-refractivity contribution in [1.29, 1.82) is 0 Å². The second kappa shape index (κ2) is 7.35. The Morgan fingerprint density at radius 3 is 2.94 bits per heavy atom. The first-order valence-corrected chi connectivity index (χ1v) is 6.91. The van der Waals surface area contributed by atoms with Crippen molar-refractivity contribution in [2.24, 2.45) is 11.7 Å². The van der Waals surface area contributed by atoms with E-state index in [1.807, 2.05) is 31.2 Å². The first-order chi connectivity index (χ1) is 8.11. The van der Waals surface area contributed by atoms with Crippen LogP contribution in [0.3, 0.4) is 0 Å². The highest BCUT2D eigenvalue weighted by atomic mass is 32.2. The molecule has 1 rings (SSSR count). The van der Waals surface area contributed by atoms with Crippen LogP contribution in [0.2, 0.25) is 0 Å². The van der Waals surface area contributed by atoms with Gasteiger partial charge in [-0.1, -0.05) is 19.1 Å². The van der Waals surface area contributed by atoms with Gasteiger partial charge >= 0.3 is 0 Å². The van der Waals surface area contributed by atoms with Crippen LogP contribution >= 0.6 is 11.8 Å². The van der Waals surface area contributed by atoms with Gasteiger partial charge < -0.3 is 11.1 Å². The molecule has 1 atom stereocenters. The maximum atomic E-state index is 11.6. The van der Waals surface area contributed by atoms with Crippen LogP contribution in [-0.4, -0.2) is 24.0 Å². The van der Waals surface area contributed by atoms with E-state index in [4.69, 9.17) is 5.73 Å². The summed E-state index contributed by atoms with van der Waals surface area (Å²) in [6, 6.07) is 7.81. The number of rotatable bonds is 6. The molecule has 0 spiro atoms. The second-order valence-corrected chi connectivity index (χ2v) is 5.30. The number of hydrogen-bond acceptors (Lipinski definition) is 3. The highest BCUT2D eigenvalue weighted by Gasteiger charge is 2.04. The average Bonchev–Trinajstić information content (AvgIpc) is 2.28. The van der Waals surface area contributed by atoms with E-state index >= 15 is 0 Å². The fourth-order valence-corrected chi connectivity index (χ4v) is 2.25. The summed E-state index contributed by atoms with van der Waals surface area (Å²) < 4.78 is 0. The van der Waals surface area contributed by atoms with E-state index in [0.717, 1.165) is 17.0 Å². The third-order valence-corrected chi connectivity index (χ3v) is 3.61. The summed E-state index contributed by atoms with van der Waals surface area (Å²) in [7, 11) is 0. The Bertz CT molecular complexity index is 368. The van der Waals surface area contributed by atoms with E-state index in [2.05, 4.69) is 12.2 Å². The molecule has 1 aromatic rings. The summed E-state index contributed by atoms with van der Waals surface area (Å²) >= 11 is 1.63. The first-order valence-electron chi connectivity index (χ1n) is 5.76. The topological polar surface area (TPSA) is 55.1 Å². The van der Waals surface area contributed by atoms with Gasteiger partial charge in [0, 0.05) is 5.69 Å². The third kappa shape index (κ3) is 5.75. The molecule has 0 aliphatic carbocycles. The van der Waals surface area contributed by atoms with E-state index in [1.165, 1.54) is 0 Å². The molecule has 17 heavy (non-hydrogen) atoms. The van der Waals surface area contributed by atoms with Crippen molar-refractivity contribution in [2.75, 3.05) is 23.4 Å². The molecule has 0 aromatic heterocycles. The van der Waals surface area contributed by atoms with Gasteiger partial charge in [0.05, 0.1) is 5.75 Å². The predicted octanol–water partition coefficient (Wildman–Crippen LogP) is 2.26. The Hall–Kier alpha value is -1.00. The SMILES string of the molecule is Cc1cccc(NC(=O)CSCC(C)CN)c1. The standard InChI is InChI=1S/C13H20N2OS/c1-10-4-3-5-12(6-10)15-13(16)9-17-8-11(2)7-14/h3-6,11H,7-9,14H2,1-2H3,(H,15,16). The lowest BCUT2D eigenvalue weighted by Crippen LogP contribution is -2.17. The predicted molar refractivity (Wildman–Crippen MR) is 75.4 cm³/mol. The molecule has 4 heteroatoms. The molecule has 94 valence electrons. The molecule has 1 aromatic carbocycles. The van der Waals surface area contributed by atoms with Crippen molar-refractivity contribution in [3.05, 3.63) is 29.8 Å². The lowest BCUT2D eigenvalue weighted by atomic mass is 10.2. The summed E-state index contributed by atoms with van der Waals surface area (Å²) in [5.41, 5.74) is 7.52. The second-order valence-electron chi connectivity index (χ2n) is 4.27. The average molecular weight is 252 g/mol. The molecule has 0 saturated carbocycles. The van der Waals surface area contributed by atoms with Crippen molar-refractivity contribution >= 4 is 23.4 Å². The van der Waals surface area contributed by atoms with Crippen LogP contribution in [0.1, 0.15) is 12.5 Å². The molecule has 0 heterocycles. The number of anilines is 1. The third-order valence-electron chi connectivity index (χ3n) is 2.34. The summed E-state index contributed by atoms with van der Waals surface area (Å²) in [4.78, 5) is 11.6. The van der Waals surface area contributed by atoms with Crippen LogP contribution in [0.5, 0.6) is 0 Å². The minimum atomic E-state index is 0.0461. The van der Waals surface area contributed by atoms with Crippen molar-refractivity contribution in [3.63, 3.8) is 0 Å². The Labute approximate surface area is 107 Å². The van der Waals surface area contributed by atoms with E-state index in [-0.39, 0.29) is 5.91 Å². The molecule has 1 amide bonds. The molecule has 0 bridgehead atoms. The summed E-state index contributed by atoms with van der Waals surface area (Å²) in [5, 5.41) is 2.88. The number of carbonyl (C=O) groups excluding carboxylic acids is 1. The van der Waals surface area contributed by atoms with Crippen LogP contribution in [-0.2, 0) is 4.79 Å². The van der Waals surface area contributed by atoms with E-state index < -0.39 is 0 Å². The smallest absolute Gasteiger partial charge is 0.234 e. The van der Waals surface area contributed by atoms with Gasteiger partial charge in [-0.15, -0.1) is 0 Å². The van der Waals surface area contributed by atoms with E-state index in [1.54, 1.807) is 11.8 Å². The zero-order valence-corrected chi connectivity index (χ0v) is 11.2. The maximum Gasteiger partial charge on any atom is 0.234 e. The van der Waals surface area contributed by atoms with Gasteiger partial charge in [0.2, 0.25) is 5.91 Å². The quantitative estimate of drug-likeness (QED) is 0.816. The molecule has 0 radical (unpaired) electrons. The molecule has 0 saturated heterocycles. The number of benzene rings is 1. The highest BCUT2D eigenvalue weighted by molar-refractivity contribution is 7.99. The molecule has 3 N–H and O–H groups in total. The molecular formula is C13H20N2OS. The number of nitrogens with one attached hydrogen (secondary N) is 1. The van der Waals surface area contributed by atoms with Crippen molar-refractivity contribution in [2.45, 2.75) is 13.8 Å². The lowest BCUT2D eigenvalue weighted by molar-refractivity contribution is -0.113. The van der Waals surface area contributed by atoms with Crippen LogP contribution in [0, 0.1) is 12.8 Å². The maximum absolute atomic E-state index is 11.6. The van der Waals surface area contributed by atoms with Crippen molar-refractivity contribution < 1.29 is 4.79 Å². The molecule has 0 aliphatic heterocycles. The molecule has 0 fully saturated rings. The lowest BCUT2D eigenvalue weighted by Gasteiger charge is -2.08. The van der Waals surface area contributed by atoms with Crippen LogP contribution < -0.4 is 11.1 Å². The summed E-state index contributed by atoms with van der Waals surface area (Å²) in [6.45, 7) is 4.77. The number of amides is 1. The summed E-state index contributed by atoms with van der Waals surface area (Å²) in [6.07, 6.45) is 0. The van der Waals surface area contributed by atoms with Gasteiger partial charge in [0.25, 0.3) is 0 Å². The number of thioether (sulfide) groups is 1. The molecule has 1 unspecified atom stereocenters. The first kappa shape index (κ1) is 14.1. The highest BCUT2D eigenvalue weighted by Crippen LogP contribution is 2.11. The van der Waals surface area contributed by atoms with E-state index in [9.17, 15) is 4.79 Å². The van der Waals surface area contributed by atoms with Crippen molar-refractivity contribution in [3.8, 4) is 0 Å². The Morgan fingerprint density at radius 1 is 1.53 bits per heavy atom. The molecular weight excluding hydrogens is 232 g/mol. The normalized spacial score (nSPS) is 12.2. The monoisotopic (exact) mass is 252 g/mol. The van der Waals surface area contributed by atoms with Gasteiger partial charge in [0.15, 0.2) is 0 Å². The van der Waals surface area contributed by atoms with Gasteiger partial charge in [-0.2, -0.15) is 11.8 Å². The van der Waals surface area contributed by atoms with Gasteiger partial charge in [0.1, 0.15) is 0 Å². The molecule has 3 nitrogen and oxygen atoms in total. The number of nitrogens with two attached hydrogens (primary N) is 1. The number of hydrogen-bond donors (Lipinski definition) is 2. The van der Waals surface area contributed by atoms with Crippen molar-refractivity contribution in [1.82, 2.24) is 0 Å².